The molecule has 0 aliphatic rings. The van der Waals surface area contributed by atoms with E-state index in [1.54, 1.807) is 128 Å². The number of nitrogens with one attached hydrogen (secondary N) is 4. The van der Waals surface area contributed by atoms with Crippen LogP contribution in [0.5, 0.6) is 0 Å². The van der Waals surface area contributed by atoms with Gasteiger partial charge in [-0.2, -0.15) is 0 Å². The van der Waals surface area contributed by atoms with Gasteiger partial charge in [0.1, 0.15) is 35.9 Å². The van der Waals surface area contributed by atoms with E-state index in [1.165, 1.54) is 18.2 Å². The predicted octanol–water partition coefficient (Wildman–Crippen LogP) is 5.63. The number of ether oxygens (including phenoxy) is 3. The van der Waals surface area contributed by atoms with Crippen LogP contribution in [0.25, 0.3) is 10.9 Å². The number of esters is 2. The van der Waals surface area contributed by atoms with Crippen molar-refractivity contribution in [1.82, 2.24) is 26.3 Å². The number of alkyl carbamates (subject to hydrolysis) is 1. The van der Waals surface area contributed by atoms with Crippen LogP contribution in [0, 0.1) is 5.92 Å². The second-order valence-electron chi connectivity index (χ2n) is 17.6. The zero-order valence-corrected chi connectivity index (χ0v) is 38.8. The third kappa shape index (κ3) is 17.5. The molecule has 0 bridgehead atoms. The number of amides is 4. The SMILES string of the molecule is CC(C)[C@H](NC(=O)C(Cc1ccc2ccccc2n1)NC(=O)[C@H](CC(=O)OC(C)(C)C)NC(=O)OCc1ccccc1)C(=O)N[C@H](/C=C/S(=O)(=O)c1ccccc1)CC(=O)OC(C)(C)C. The fraction of sp³-hybridized carbons (Fsp3) is 0.396. The van der Waals surface area contributed by atoms with Gasteiger partial charge in [0.2, 0.25) is 17.7 Å². The largest absolute Gasteiger partial charge is 0.460 e. The van der Waals surface area contributed by atoms with Crippen molar-refractivity contribution in [1.29, 1.82) is 0 Å². The fourth-order valence-corrected chi connectivity index (χ4v) is 7.35. The first-order valence-corrected chi connectivity index (χ1v) is 22.7. The van der Waals surface area contributed by atoms with Gasteiger partial charge in [0, 0.05) is 22.9 Å². The molecule has 16 nitrogen and oxygen atoms in total. The molecule has 0 aliphatic heterocycles. The van der Waals surface area contributed by atoms with Gasteiger partial charge in [0.25, 0.3) is 0 Å². The summed E-state index contributed by atoms with van der Waals surface area (Å²) in [5.41, 5.74) is -0.151. The number of carbonyl (C=O) groups is 6. The van der Waals surface area contributed by atoms with Gasteiger partial charge in [-0.1, -0.05) is 86.6 Å². The molecular weight excluding hydrogens is 855 g/mol. The Morgan fingerprint density at radius 1 is 0.646 bits per heavy atom. The van der Waals surface area contributed by atoms with E-state index in [1.807, 2.05) is 12.1 Å². The molecule has 1 heterocycles. The normalized spacial score (nSPS) is 13.8. The molecule has 0 aliphatic carbocycles. The molecule has 1 aromatic heterocycles. The van der Waals surface area contributed by atoms with Crippen molar-refractivity contribution in [2.24, 2.45) is 5.92 Å². The molecule has 0 spiro atoms. The van der Waals surface area contributed by atoms with Gasteiger partial charge in [0.05, 0.1) is 29.3 Å². The maximum Gasteiger partial charge on any atom is 0.408 e. The standard InChI is InChI=1S/C48H59N5O11S/c1-31(2)42(45(58)50-35(28-40(54)63-47(3,4)5)25-26-65(60,61)36-20-13-10-14-21-36)53-44(57)38(27-34-24-23-33-19-15-16-22-37(33)49-34)51-43(56)39(29-41(55)64-48(6,7)8)52-46(59)62-30-32-17-11-9-12-18-32/h9-26,31,35,38-39,42H,27-30H2,1-8H3,(H,50,58)(H,51,56)(H,52,59)(H,53,57)/b26-25+/t35-,38?,39+,42+/m1/s1. The van der Waals surface area contributed by atoms with E-state index in [4.69, 9.17) is 14.2 Å². The van der Waals surface area contributed by atoms with Gasteiger partial charge in [-0.3, -0.25) is 29.0 Å². The summed E-state index contributed by atoms with van der Waals surface area (Å²) in [4.78, 5) is 86.4. The van der Waals surface area contributed by atoms with E-state index < -0.39 is 99.7 Å². The van der Waals surface area contributed by atoms with E-state index in [-0.39, 0.29) is 17.9 Å². The van der Waals surface area contributed by atoms with Crippen LogP contribution >= 0.6 is 0 Å². The number of nitrogens with zero attached hydrogens (tertiary/aromatic N) is 1. The number of fused-ring (bicyclic) bond motifs is 1. The quantitative estimate of drug-likeness (QED) is 0.0663. The van der Waals surface area contributed by atoms with Gasteiger partial charge in [-0.25, -0.2) is 13.2 Å². The molecule has 0 saturated heterocycles. The number of aromatic nitrogens is 1. The van der Waals surface area contributed by atoms with Crippen molar-refractivity contribution in [3.8, 4) is 0 Å². The monoisotopic (exact) mass is 913 g/mol. The molecule has 4 aromatic rings. The second-order valence-corrected chi connectivity index (χ2v) is 19.5. The molecule has 0 fully saturated rings. The summed E-state index contributed by atoms with van der Waals surface area (Å²) < 4.78 is 42.6. The molecule has 4 amide bonds. The maximum atomic E-state index is 14.4. The van der Waals surface area contributed by atoms with Crippen LogP contribution < -0.4 is 21.3 Å². The van der Waals surface area contributed by atoms with Crippen molar-refractivity contribution < 1.29 is 51.4 Å². The van der Waals surface area contributed by atoms with Gasteiger partial charge < -0.3 is 35.5 Å². The minimum absolute atomic E-state index is 0.00693. The van der Waals surface area contributed by atoms with Crippen molar-refractivity contribution in [3.05, 3.63) is 120 Å². The smallest absolute Gasteiger partial charge is 0.408 e. The predicted molar refractivity (Wildman–Crippen MR) is 243 cm³/mol. The Morgan fingerprint density at radius 2 is 1.22 bits per heavy atom. The number of pyridine rings is 1. The average Bonchev–Trinajstić information content (AvgIpc) is 3.22. The summed E-state index contributed by atoms with van der Waals surface area (Å²) in [5.74, 6) is -4.69. The second kappa shape index (κ2) is 22.8. The van der Waals surface area contributed by atoms with E-state index >= 15 is 0 Å². The Morgan fingerprint density at radius 3 is 1.83 bits per heavy atom. The van der Waals surface area contributed by atoms with Crippen LogP contribution in [0.2, 0.25) is 0 Å². The highest BCUT2D eigenvalue weighted by Crippen LogP contribution is 2.17. The lowest BCUT2D eigenvalue weighted by Gasteiger charge is -2.28. The number of benzene rings is 3. The molecule has 4 rings (SSSR count). The molecule has 17 heteroatoms. The van der Waals surface area contributed by atoms with Crippen LogP contribution in [0.1, 0.15) is 79.5 Å². The topological polar surface area (TPSA) is 225 Å². The number of para-hydroxylation sites is 1. The first kappa shape index (κ1) is 51.0. The van der Waals surface area contributed by atoms with Crippen LogP contribution in [-0.2, 0) is 61.0 Å². The zero-order valence-electron chi connectivity index (χ0n) is 38.0. The molecule has 0 radical (unpaired) electrons. The zero-order chi connectivity index (χ0) is 48.0. The highest BCUT2D eigenvalue weighted by molar-refractivity contribution is 7.94. The summed E-state index contributed by atoms with van der Waals surface area (Å²) in [5, 5.41) is 12.2. The lowest BCUT2D eigenvalue weighted by Crippen LogP contribution is -2.59. The van der Waals surface area contributed by atoms with Gasteiger partial charge in [0.15, 0.2) is 9.84 Å². The van der Waals surface area contributed by atoms with E-state index in [9.17, 15) is 37.2 Å². The third-order valence-corrected chi connectivity index (χ3v) is 10.7. The van der Waals surface area contributed by atoms with E-state index in [0.29, 0.717) is 16.8 Å². The minimum atomic E-state index is -3.99. The van der Waals surface area contributed by atoms with Crippen molar-refractivity contribution >= 4 is 56.5 Å². The van der Waals surface area contributed by atoms with Crippen molar-refractivity contribution in [2.75, 3.05) is 0 Å². The lowest BCUT2D eigenvalue weighted by molar-refractivity contribution is -0.157. The first-order valence-electron chi connectivity index (χ1n) is 21.1. The number of hydrogen-bond acceptors (Lipinski definition) is 12. The highest BCUT2D eigenvalue weighted by atomic mass is 32.2. The Kier molecular flexibility index (Phi) is 17.9. The van der Waals surface area contributed by atoms with Crippen molar-refractivity contribution in [3.63, 3.8) is 0 Å². The molecule has 348 valence electrons. The van der Waals surface area contributed by atoms with Crippen LogP contribution in [-0.4, -0.2) is 84.5 Å². The highest BCUT2D eigenvalue weighted by Gasteiger charge is 2.34. The Hall–Kier alpha value is -6.62. The lowest BCUT2D eigenvalue weighted by atomic mass is 10.0. The summed E-state index contributed by atoms with van der Waals surface area (Å²) in [6, 6.07) is 21.6. The Balaban J connectivity index is 1.64. The first-order chi connectivity index (χ1) is 30.5. The third-order valence-electron chi connectivity index (χ3n) is 9.26. The molecule has 4 atom stereocenters. The molecule has 1 unspecified atom stereocenters. The average molecular weight is 914 g/mol. The molecular formula is C48H59N5O11S. The van der Waals surface area contributed by atoms with Crippen molar-refractivity contribution in [2.45, 2.75) is 122 Å². The fourth-order valence-electron chi connectivity index (χ4n) is 6.26. The van der Waals surface area contributed by atoms with E-state index in [2.05, 4.69) is 26.3 Å². The molecule has 4 N–H and O–H groups in total. The van der Waals surface area contributed by atoms with Gasteiger partial charge in [-0.15, -0.1) is 0 Å². The molecule has 0 saturated carbocycles. The number of hydrogen-bond donors (Lipinski definition) is 4. The number of carbonyl (C=O) groups excluding carboxylic acids is 6. The summed E-state index contributed by atoms with van der Waals surface area (Å²) in [6.45, 7) is 13.1. The maximum absolute atomic E-state index is 14.4. The number of rotatable bonds is 19. The van der Waals surface area contributed by atoms with Crippen LogP contribution in [0.3, 0.4) is 0 Å². The van der Waals surface area contributed by atoms with Gasteiger partial charge in [-0.05, 0) is 83.4 Å². The van der Waals surface area contributed by atoms with E-state index in [0.717, 1.165) is 10.8 Å². The van der Waals surface area contributed by atoms with Gasteiger partial charge >= 0.3 is 18.0 Å². The molecule has 65 heavy (non-hydrogen) atoms. The Labute approximate surface area is 380 Å². The number of sulfone groups is 1. The summed E-state index contributed by atoms with van der Waals surface area (Å²) in [6.07, 6.45) is -1.13. The Bertz CT molecular complexity index is 2430. The summed E-state index contributed by atoms with van der Waals surface area (Å²) in [7, 11) is -3.99. The summed E-state index contributed by atoms with van der Waals surface area (Å²) >= 11 is 0. The minimum Gasteiger partial charge on any atom is -0.460 e. The molecule has 3 aromatic carbocycles. The van der Waals surface area contributed by atoms with Crippen LogP contribution in [0.15, 0.2) is 113 Å². The van der Waals surface area contributed by atoms with Crippen LogP contribution in [0.4, 0.5) is 4.79 Å².